The highest BCUT2D eigenvalue weighted by atomic mass is 127. The number of rotatable bonds is 3. The van der Waals surface area contributed by atoms with Gasteiger partial charge < -0.3 is 10.2 Å². The molecule has 2 aliphatic heterocycles. The molecule has 0 radical (unpaired) electrons. The molecule has 3 rings (SSSR count). The summed E-state index contributed by atoms with van der Waals surface area (Å²) in [6, 6.07) is 8.57. The molecule has 1 saturated heterocycles. The molecule has 0 saturated carbocycles. The third kappa shape index (κ3) is 5.55. The smallest absolute Gasteiger partial charge is 0.194 e. The fourth-order valence-corrected chi connectivity index (χ4v) is 4.59. The van der Waals surface area contributed by atoms with Crippen LogP contribution < -0.4 is 5.32 Å². The van der Waals surface area contributed by atoms with Gasteiger partial charge >= 0.3 is 0 Å². The number of fused-ring (bicyclic) bond motifs is 1. The highest BCUT2D eigenvalue weighted by molar-refractivity contribution is 14.0. The monoisotopic (exact) mass is 478 g/mol. The topological polar surface area (TPSA) is 65.0 Å². The van der Waals surface area contributed by atoms with E-state index in [4.69, 9.17) is 0 Å². The van der Waals surface area contributed by atoms with Gasteiger partial charge in [-0.1, -0.05) is 24.3 Å². The molecule has 1 N–H and O–H groups in total. The first kappa shape index (κ1) is 20.4. The summed E-state index contributed by atoms with van der Waals surface area (Å²) in [5, 5.41) is 3.42. The van der Waals surface area contributed by atoms with Gasteiger partial charge in [0.15, 0.2) is 15.8 Å². The van der Waals surface area contributed by atoms with Crippen molar-refractivity contribution in [3.05, 3.63) is 35.4 Å². The molecule has 1 aromatic rings. The van der Waals surface area contributed by atoms with Crippen LogP contribution in [0.5, 0.6) is 0 Å². The van der Waals surface area contributed by atoms with E-state index in [1.54, 1.807) is 0 Å². The van der Waals surface area contributed by atoms with Crippen molar-refractivity contribution in [1.82, 2.24) is 15.1 Å². The van der Waals surface area contributed by atoms with Gasteiger partial charge in [0, 0.05) is 46.3 Å². The molecule has 8 heteroatoms. The van der Waals surface area contributed by atoms with E-state index < -0.39 is 9.84 Å². The third-order valence-corrected chi connectivity index (χ3v) is 6.40. The molecule has 1 fully saturated rings. The van der Waals surface area contributed by atoms with E-state index in [1.165, 1.54) is 11.1 Å². The van der Waals surface area contributed by atoms with E-state index in [0.29, 0.717) is 13.1 Å². The summed E-state index contributed by atoms with van der Waals surface area (Å²) in [5.41, 5.74) is 2.80. The summed E-state index contributed by atoms with van der Waals surface area (Å²) in [7, 11) is -0.985. The van der Waals surface area contributed by atoms with Crippen LogP contribution in [0.4, 0.5) is 0 Å². The van der Waals surface area contributed by atoms with Crippen molar-refractivity contribution in [2.24, 2.45) is 4.99 Å². The standard InChI is InChI=1S/C17H26N4O2S.HI/c1-18-17(19-7-9-20-10-12-24(22,23)13-11-20)21-8-6-15-4-2-3-5-16(15)14-21;/h2-5H,6-14H2,1H3,(H,18,19);1H. The summed E-state index contributed by atoms with van der Waals surface area (Å²) in [6.07, 6.45) is 1.04. The van der Waals surface area contributed by atoms with Crippen LogP contribution in [-0.4, -0.2) is 75.5 Å². The molecule has 0 aliphatic carbocycles. The van der Waals surface area contributed by atoms with Crippen LogP contribution in [0, 0.1) is 0 Å². The van der Waals surface area contributed by atoms with Crippen LogP contribution in [0.15, 0.2) is 29.3 Å². The number of halogens is 1. The van der Waals surface area contributed by atoms with E-state index in [2.05, 4.69) is 44.4 Å². The quantitative estimate of drug-likeness (QED) is 0.399. The number of sulfone groups is 1. The van der Waals surface area contributed by atoms with Crippen molar-refractivity contribution < 1.29 is 8.42 Å². The van der Waals surface area contributed by atoms with Gasteiger partial charge in [0.25, 0.3) is 0 Å². The van der Waals surface area contributed by atoms with Crippen molar-refractivity contribution in [2.45, 2.75) is 13.0 Å². The zero-order chi connectivity index (χ0) is 17.0. The van der Waals surface area contributed by atoms with Crippen LogP contribution in [0.1, 0.15) is 11.1 Å². The number of guanidine groups is 1. The van der Waals surface area contributed by atoms with Gasteiger partial charge in [-0.3, -0.25) is 9.89 Å². The average Bonchev–Trinajstić information content (AvgIpc) is 2.59. The molecule has 2 heterocycles. The third-order valence-electron chi connectivity index (χ3n) is 4.79. The molecule has 0 amide bonds. The number of nitrogens with zero attached hydrogens (tertiary/aromatic N) is 3. The molecule has 1 aromatic carbocycles. The fourth-order valence-electron chi connectivity index (χ4n) is 3.31. The van der Waals surface area contributed by atoms with E-state index in [9.17, 15) is 8.42 Å². The Morgan fingerprint density at radius 2 is 1.84 bits per heavy atom. The summed E-state index contributed by atoms with van der Waals surface area (Å²) in [5.74, 6) is 1.49. The van der Waals surface area contributed by atoms with Crippen molar-refractivity contribution in [2.75, 3.05) is 51.3 Å². The number of nitrogens with one attached hydrogen (secondary N) is 1. The highest BCUT2D eigenvalue weighted by Gasteiger charge is 2.22. The molecule has 0 unspecified atom stereocenters. The Bertz CT molecular complexity index is 694. The zero-order valence-corrected chi connectivity index (χ0v) is 17.8. The highest BCUT2D eigenvalue weighted by Crippen LogP contribution is 2.18. The van der Waals surface area contributed by atoms with Gasteiger partial charge in [-0.2, -0.15) is 0 Å². The summed E-state index contributed by atoms with van der Waals surface area (Å²) < 4.78 is 22.9. The first-order valence-electron chi connectivity index (χ1n) is 8.52. The predicted octanol–water partition coefficient (Wildman–Crippen LogP) is 0.969. The lowest BCUT2D eigenvalue weighted by molar-refractivity contribution is 0.296. The molecule has 0 bridgehead atoms. The molecule has 0 atom stereocenters. The lowest BCUT2D eigenvalue weighted by Gasteiger charge is -2.32. The van der Waals surface area contributed by atoms with Crippen molar-refractivity contribution in [3.63, 3.8) is 0 Å². The number of hydrogen-bond donors (Lipinski definition) is 1. The van der Waals surface area contributed by atoms with Crippen LogP contribution in [-0.2, 0) is 22.8 Å². The minimum Gasteiger partial charge on any atom is -0.355 e. The van der Waals surface area contributed by atoms with Gasteiger partial charge in [0.1, 0.15) is 0 Å². The minimum atomic E-state index is -2.80. The molecule has 2 aliphatic rings. The van der Waals surface area contributed by atoms with Crippen molar-refractivity contribution in [3.8, 4) is 0 Å². The maximum absolute atomic E-state index is 11.5. The number of aliphatic imine (C=N–C) groups is 1. The molecule has 0 aromatic heterocycles. The van der Waals surface area contributed by atoms with Gasteiger partial charge in [-0.05, 0) is 17.5 Å². The summed E-state index contributed by atoms with van der Waals surface area (Å²) >= 11 is 0. The van der Waals surface area contributed by atoms with Crippen LogP contribution in [0.25, 0.3) is 0 Å². The minimum absolute atomic E-state index is 0. The average molecular weight is 478 g/mol. The Kier molecular flexibility index (Phi) is 7.51. The van der Waals surface area contributed by atoms with Gasteiger partial charge in [-0.25, -0.2) is 8.42 Å². The normalized spacial score (nSPS) is 20.5. The first-order valence-corrected chi connectivity index (χ1v) is 10.3. The second kappa shape index (κ2) is 9.18. The van der Waals surface area contributed by atoms with Crippen molar-refractivity contribution in [1.29, 1.82) is 0 Å². The SMILES string of the molecule is CN=C(NCCN1CCS(=O)(=O)CC1)N1CCc2ccccc2C1.I. The second-order valence-electron chi connectivity index (χ2n) is 6.41. The predicted molar refractivity (Wildman–Crippen MR) is 112 cm³/mol. The Morgan fingerprint density at radius 3 is 2.52 bits per heavy atom. The molecule has 140 valence electrons. The van der Waals surface area contributed by atoms with Crippen LogP contribution >= 0.6 is 24.0 Å². The number of benzene rings is 1. The summed E-state index contributed by atoms with van der Waals surface area (Å²) in [6.45, 7) is 4.76. The van der Waals surface area contributed by atoms with Crippen LogP contribution in [0.3, 0.4) is 0 Å². The molecular weight excluding hydrogens is 451 g/mol. The fraction of sp³-hybridized carbons (Fsp3) is 0.588. The Hall–Kier alpha value is -0.870. The Labute approximate surface area is 167 Å². The summed E-state index contributed by atoms with van der Waals surface area (Å²) in [4.78, 5) is 8.89. The Morgan fingerprint density at radius 1 is 1.16 bits per heavy atom. The van der Waals surface area contributed by atoms with E-state index >= 15 is 0 Å². The number of hydrogen-bond acceptors (Lipinski definition) is 4. The maximum atomic E-state index is 11.5. The molecule has 25 heavy (non-hydrogen) atoms. The lowest BCUT2D eigenvalue weighted by atomic mass is 10.0. The maximum Gasteiger partial charge on any atom is 0.194 e. The van der Waals surface area contributed by atoms with E-state index in [1.807, 2.05) is 7.05 Å². The van der Waals surface area contributed by atoms with Crippen LogP contribution in [0.2, 0.25) is 0 Å². The second-order valence-corrected chi connectivity index (χ2v) is 8.71. The van der Waals surface area contributed by atoms with Gasteiger partial charge in [0.05, 0.1) is 11.5 Å². The molecule has 0 spiro atoms. The zero-order valence-electron chi connectivity index (χ0n) is 14.6. The lowest BCUT2D eigenvalue weighted by Crippen LogP contribution is -2.48. The first-order chi connectivity index (χ1) is 11.6. The van der Waals surface area contributed by atoms with Gasteiger partial charge in [-0.15, -0.1) is 24.0 Å². The molecular formula is C17H27IN4O2S. The molecule has 6 nitrogen and oxygen atoms in total. The van der Waals surface area contributed by atoms with E-state index in [0.717, 1.165) is 38.6 Å². The van der Waals surface area contributed by atoms with E-state index in [-0.39, 0.29) is 35.5 Å². The Balaban J connectivity index is 0.00000225. The van der Waals surface area contributed by atoms with Gasteiger partial charge in [0.2, 0.25) is 0 Å². The van der Waals surface area contributed by atoms with Crippen molar-refractivity contribution >= 4 is 39.8 Å². The largest absolute Gasteiger partial charge is 0.355 e.